The largest absolute Gasteiger partial charge is 0.338 e. The number of pyridine rings is 1. The normalized spacial score (nSPS) is 13.8. The number of rotatable bonds is 8. The predicted octanol–water partition coefficient (Wildman–Crippen LogP) is 4.41. The van der Waals surface area contributed by atoms with Crippen molar-refractivity contribution in [2.24, 2.45) is 5.92 Å². The summed E-state index contributed by atoms with van der Waals surface area (Å²) in [5.41, 5.74) is 1.61. The lowest BCUT2D eigenvalue weighted by atomic mass is 10.1. The lowest BCUT2D eigenvalue weighted by molar-refractivity contribution is -0.131. The molecule has 8 heteroatoms. The molecule has 0 bridgehead atoms. The van der Waals surface area contributed by atoms with Crippen molar-refractivity contribution >= 4 is 35.1 Å². The summed E-state index contributed by atoms with van der Waals surface area (Å²) >= 11 is 12.1. The number of urea groups is 1. The van der Waals surface area contributed by atoms with Gasteiger partial charge in [0, 0.05) is 19.3 Å². The Morgan fingerprint density at radius 3 is 2.53 bits per heavy atom. The summed E-state index contributed by atoms with van der Waals surface area (Å²) in [5, 5.41) is 6.43. The van der Waals surface area contributed by atoms with Crippen LogP contribution < -0.4 is 10.6 Å². The number of nitrogens with one attached hydrogen (secondary N) is 2. The molecule has 1 aliphatic rings. The fourth-order valence-corrected chi connectivity index (χ4v) is 3.88. The van der Waals surface area contributed by atoms with Crippen LogP contribution in [-0.4, -0.2) is 34.9 Å². The molecule has 30 heavy (non-hydrogen) atoms. The third kappa shape index (κ3) is 6.89. The van der Waals surface area contributed by atoms with Crippen LogP contribution in [0.1, 0.15) is 36.9 Å². The number of nitrogens with zero attached hydrogens (tertiary/aromatic N) is 2. The Bertz CT molecular complexity index is 857. The first-order chi connectivity index (χ1) is 14.5. The molecule has 1 heterocycles. The van der Waals surface area contributed by atoms with Gasteiger partial charge in [-0.05, 0) is 48.6 Å². The van der Waals surface area contributed by atoms with Gasteiger partial charge in [0.2, 0.25) is 5.91 Å². The van der Waals surface area contributed by atoms with E-state index in [2.05, 4.69) is 15.6 Å². The van der Waals surface area contributed by atoms with E-state index in [1.54, 1.807) is 23.2 Å². The number of benzene rings is 1. The zero-order valence-electron chi connectivity index (χ0n) is 16.7. The van der Waals surface area contributed by atoms with Gasteiger partial charge in [0.1, 0.15) is 0 Å². The minimum Gasteiger partial charge on any atom is -0.338 e. The van der Waals surface area contributed by atoms with E-state index in [1.165, 1.54) is 12.8 Å². The van der Waals surface area contributed by atoms with Crippen molar-refractivity contribution in [1.82, 2.24) is 20.5 Å². The molecule has 1 saturated carbocycles. The molecule has 2 N–H and O–H groups in total. The maximum atomic E-state index is 12.9. The molecular formula is C22H26Cl2N4O2. The Labute approximate surface area is 187 Å². The van der Waals surface area contributed by atoms with Crippen molar-refractivity contribution in [3.63, 3.8) is 0 Å². The molecule has 3 amide bonds. The second-order valence-corrected chi connectivity index (χ2v) is 8.35. The molecule has 2 aromatic rings. The molecular weight excluding hydrogens is 423 g/mol. The zero-order valence-corrected chi connectivity index (χ0v) is 18.3. The predicted molar refractivity (Wildman–Crippen MR) is 118 cm³/mol. The molecule has 0 atom stereocenters. The summed E-state index contributed by atoms with van der Waals surface area (Å²) in [5.74, 6) is 0.338. The van der Waals surface area contributed by atoms with Crippen LogP contribution >= 0.6 is 23.2 Å². The number of aromatic nitrogens is 1. The van der Waals surface area contributed by atoms with Gasteiger partial charge in [-0.15, -0.1) is 0 Å². The van der Waals surface area contributed by atoms with Crippen molar-refractivity contribution in [2.45, 2.75) is 38.8 Å². The van der Waals surface area contributed by atoms with Crippen LogP contribution in [0.2, 0.25) is 10.0 Å². The number of carbonyl (C=O) groups is 2. The first kappa shape index (κ1) is 22.4. The molecule has 1 fully saturated rings. The van der Waals surface area contributed by atoms with E-state index in [0.717, 1.165) is 24.1 Å². The Balaban J connectivity index is 1.58. The molecule has 0 saturated heterocycles. The van der Waals surface area contributed by atoms with Gasteiger partial charge in [-0.3, -0.25) is 9.78 Å². The molecule has 160 valence electrons. The standard InChI is InChI=1S/C22H26Cl2N4O2/c23-19-9-8-17(11-20(19)24)14-28(15-18-7-3-4-10-25-18)21(29)13-27-22(30)26-12-16-5-1-2-6-16/h3-4,7-11,16H,1-2,5-6,12-15H2,(H2,26,27,30). The van der Waals surface area contributed by atoms with Crippen LogP contribution in [0.4, 0.5) is 4.79 Å². The van der Waals surface area contributed by atoms with E-state index in [-0.39, 0.29) is 18.5 Å². The highest BCUT2D eigenvalue weighted by Crippen LogP contribution is 2.24. The second kappa shape index (κ2) is 11.2. The van der Waals surface area contributed by atoms with Crippen molar-refractivity contribution in [3.05, 3.63) is 63.9 Å². The van der Waals surface area contributed by atoms with Crippen molar-refractivity contribution in [1.29, 1.82) is 0 Å². The third-order valence-corrected chi connectivity index (χ3v) is 5.95. The second-order valence-electron chi connectivity index (χ2n) is 7.53. The number of halogens is 2. The van der Waals surface area contributed by atoms with Gasteiger partial charge in [-0.2, -0.15) is 0 Å². The maximum Gasteiger partial charge on any atom is 0.315 e. The van der Waals surface area contributed by atoms with Crippen LogP contribution in [0.5, 0.6) is 0 Å². The fourth-order valence-electron chi connectivity index (χ4n) is 3.56. The molecule has 1 aromatic carbocycles. The molecule has 6 nitrogen and oxygen atoms in total. The van der Waals surface area contributed by atoms with Gasteiger partial charge in [-0.25, -0.2) is 4.79 Å². The Morgan fingerprint density at radius 2 is 1.83 bits per heavy atom. The van der Waals surface area contributed by atoms with Crippen LogP contribution in [0, 0.1) is 5.92 Å². The molecule has 1 aromatic heterocycles. The monoisotopic (exact) mass is 448 g/mol. The highest BCUT2D eigenvalue weighted by Gasteiger charge is 2.18. The van der Waals surface area contributed by atoms with E-state index in [0.29, 0.717) is 35.6 Å². The highest BCUT2D eigenvalue weighted by molar-refractivity contribution is 6.42. The number of hydrogen-bond donors (Lipinski definition) is 2. The van der Waals surface area contributed by atoms with E-state index >= 15 is 0 Å². The summed E-state index contributed by atoms with van der Waals surface area (Å²) in [6.45, 7) is 1.22. The number of amides is 3. The smallest absolute Gasteiger partial charge is 0.315 e. The first-order valence-electron chi connectivity index (χ1n) is 10.1. The summed E-state index contributed by atoms with van der Waals surface area (Å²) in [6.07, 6.45) is 6.45. The molecule has 0 spiro atoms. The van der Waals surface area contributed by atoms with Gasteiger partial charge in [0.05, 0.1) is 28.8 Å². The average molecular weight is 449 g/mol. The van der Waals surface area contributed by atoms with Crippen LogP contribution in [0.25, 0.3) is 0 Å². The summed E-state index contributed by atoms with van der Waals surface area (Å²) in [7, 11) is 0. The van der Waals surface area contributed by atoms with Crippen LogP contribution in [0.15, 0.2) is 42.6 Å². The SMILES string of the molecule is O=C(NCC(=O)N(Cc1ccc(Cl)c(Cl)c1)Cc1ccccn1)NCC1CCCC1. The molecule has 0 unspecified atom stereocenters. The zero-order chi connectivity index (χ0) is 21.3. The summed E-state index contributed by atoms with van der Waals surface area (Å²) in [4.78, 5) is 30.9. The third-order valence-electron chi connectivity index (χ3n) is 5.22. The number of hydrogen-bond acceptors (Lipinski definition) is 3. The minimum atomic E-state index is -0.317. The Morgan fingerprint density at radius 1 is 1.03 bits per heavy atom. The highest BCUT2D eigenvalue weighted by atomic mass is 35.5. The molecule has 0 aliphatic heterocycles. The van der Waals surface area contributed by atoms with Gasteiger partial charge in [0.15, 0.2) is 0 Å². The Kier molecular flexibility index (Phi) is 8.34. The quantitative estimate of drug-likeness (QED) is 0.627. The fraction of sp³-hybridized carbons (Fsp3) is 0.409. The summed E-state index contributed by atoms with van der Waals surface area (Å²) < 4.78 is 0. The van der Waals surface area contributed by atoms with Crippen molar-refractivity contribution in [2.75, 3.05) is 13.1 Å². The lowest BCUT2D eigenvalue weighted by Crippen LogP contribution is -2.44. The van der Waals surface area contributed by atoms with Gasteiger partial charge < -0.3 is 15.5 Å². The van der Waals surface area contributed by atoms with Gasteiger partial charge >= 0.3 is 6.03 Å². The van der Waals surface area contributed by atoms with E-state index in [1.807, 2.05) is 24.3 Å². The van der Waals surface area contributed by atoms with Gasteiger partial charge in [-0.1, -0.05) is 48.2 Å². The van der Waals surface area contributed by atoms with Crippen molar-refractivity contribution in [3.8, 4) is 0 Å². The molecule has 1 aliphatic carbocycles. The topological polar surface area (TPSA) is 74.3 Å². The average Bonchev–Trinajstić information content (AvgIpc) is 3.27. The minimum absolute atomic E-state index is 0.0926. The van der Waals surface area contributed by atoms with Crippen molar-refractivity contribution < 1.29 is 9.59 Å². The Hall–Kier alpha value is -2.31. The maximum absolute atomic E-state index is 12.9. The van der Waals surface area contributed by atoms with Crippen LogP contribution in [-0.2, 0) is 17.9 Å². The van der Waals surface area contributed by atoms with E-state index < -0.39 is 0 Å². The molecule has 0 radical (unpaired) electrons. The van der Waals surface area contributed by atoms with Gasteiger partial charge in [0.25, 0.3) is 0 Å². The van der Waals surface area contributed by atoms with E-state index in [4.69, 9.17) is 23.2 Å². The number of carbonyl (C=O) groups excluding carboxylic acids is 2. The molecule has 3 rings (SSSR count). The first-order valence-corrected chi connectivity index (χ1v) is 10.9. The van der Waals surface area contributed by atoms with E-state index in [9.17, 15) is 9.59 Å². The lowest BCUT2D eigenvalue weighted by Gasteiger charge is -2.23. The summed E-state index contributed by atoms with van der Waals surface area (Å²) in [6, 6.07) is 10.5. The van der Waals surface area contributed by atoms with Crippen LogP contribution in [0.3, 0.4) is 0 Å².